The number of carbonyl (C=O) groups excluding carboxylic acids is 1. The first-order valence-corrected chi connectivity index (χ1v) is 8.70. The number of carbonyl (C=O) groups is 2. The highest BCUT2D eigenvalue weighted by molar-refractivity contribution is 7.90. The monoisotopic (exact) mass is 306 g/mol. The molecule has 2 N–H and O–H groups in total. The first-order chi connectivity index (χ1) is 9.20. The number of aliphatic carboxylic acids is 1. The number of carboxylic acid groups (broad SMARTS) is 1. The molecule has 0 radical (unpaired) electrons. The molecule has 1 unspecified atom stereocenters. The van der Waals surface area contributed by atoms with Crippen LogP contribution in [0.15, 0.2) is 0 Å². The summed E-state index contributed by atoms with van der Waals surface area (Å²) in [5, 5.41) is 11.4. The van der Waals surface area contributed by atoms with Gasteiger partial charge in [0.15, 0.2) is 0 Å². The zero-order chi connectivity index (χ0) is 15.3. The van der Waals surface area contributed by atoms with Crippen molar-refractivity contribution in [2.75, 3.05) is 19.1 Å². The summed E-state index contributed by atoms with van der Waals surface area (Å²) < 4.78 is 22.1. The fraction of sp³-hybridized carbons (Fsp3) is 0.833. The first-order valence-electron chi connectivity index (χ1n) is 6.64. The van der Waals surface area contributed by atoms with Gasteiger partial charge in [0, 0.05) is 19.3 Å². The van der Waals surface area contributed by atoms with Gasteiger partial charge >= 0.3 is 12.0 Å². The highest BCUT2D eigenvalue weighted by Gasteiger charge is 2.27. The molecular formula is C12H22N2O5S. The lowest BCUT2D eigenvalue weighted by atomic mass is 10.2. The van der Waals surface area contributed by atoms with Crippen molar-refractivity contribution in [1.82, 2.24) is 10.2 Å². The molecule has 0 spiro atoms. The van der Waals surface area contributed by atoms with Crippen molar-refractivity contribution in [3.63, 3.8) is 0 Å². The van der Waals surface area contributed by atoms with Crippen LogP contribution in [-0.4, -0.2) is 61.6 Å². The van der Waals surface area contributed by atoms with Crippen LogP contribution < -0.4 is 5.32 Å². The Kier molecular flexibility index (Phi) is 5.79. The predicted molar refractivity (Wildman–Crippen MR) is 74.3 cm³/mol. The van der Waals surface area contributed by atoms with Crippen LogP contribution in [0.4, 0.5) is 4.79 Å². The molecule has 1 aliphatic carbocycles. The van der Waals surface area contributed by atoms with Crippen LogP contribution in [0.3, 0.4) is 0 Å². The summed E-state index contributed by atoms with van der Waals surface area (Å²) in [5.41, 5.74) is 0. The number of sulfone groups is 1. The van der Waals surface area contributed by atoms with Crippen LogP contribution in [0.5, 0.6) is 0 Å². The van der Waals surface area contributed by atoms with E-state index in [4.69, 9.17) is 5.11 Å². The van der Waals surface area contributed by atoms with Gasteiger partial charge in [-0.2, -0.15) is 0 Å². The van der Waals surface area contributed by atoms with Gasteiger partial charge in [-0.3, -0.25) is 0 Å². The summed E-state index contributed by atoms with van der Waals surface area (Å²) >= 11 is 0. The van der Waals surface area contributed by atoms with Crippen molar-refractivity contribution in [2.24, 2.45) is 0 Å². The van der Waals surface area contributed by atoms with Gasteiger partial charge in [0.2, 0.25) is 0 Å². The van der Waals surface area contributed by atoms with E-state index in [9.17, 15) is 18.0 Å². The molecule has 1 saturated carbocycles. The maximum Gasteiger partial charge on any atom is 0.326 e. The van der Waals surface area contributed by atoms with E-state index in [1.165, 1.54) is 4.90 Å². The van der Waals surface area contributed by atoms with Gasteiger partial charge < -0.3 is 15.3 Å². The number of nitrogens with zero attached hydrogens (tertiary/aromatic N) is 1. The Labute approximate surface area is 119 Å². The minimum absolute atomic E-state index is 0.127. The second-order valence-corrected chi connectivity index (χ2v) is 7.57. The van der Waals surface area contributed by atoms with Crippen molar-refractivity contribution in [1.29, 1.82) is 0 Å². The third-order valence-corrected chi connectivity index (χ3v) is 4.54. The molecule has 7 nitrogen and oxygen atoms in total. The third kappa shape index (κ3) is 5.36. The molecule has 1 atom stereocenters. The molecular weight excluding hydrogens is 284 g/mol. The van der Waals surface area contributed by atoms with Gasteiger partial charge in [-0.1, -0.05) is 12.8 Å². The molecule has 0 aromatic carbocycles. The Hall–Kier alpha value is -1.31. The van der Waals surface area contributed by atoms with Gasteiger partial charge in [-0.25, -0.2) is 18.0 Å². The maximum absolute atomic E-state index is 12.0. The van der Waals surface area contributed by atoms with E-state index in [0.29, 0.717) is 0 Å². The van der Waals surface area contributed by atoms with Gasteiger partial charge in [0.1, 0.15) is 15.9 Å². The first kappa shape index (κ1) is 16.7. The molecule has 116 valence electrons. The normalized spacial score (nSPS) is 17.7. The number of rotatable bonds is 6. The summed E-state index contributed by atoms with van der Waals surface area (Å²) in [5.74, 6) is -1.49. The van der Waals surface area contributed by atoms with Crippen LogP contribution in [0.25, 0.3) is 0 Å². The highest BCUT2D eigenvalue weighted by Crippen LogP contribution is 2.22. The average Bonchev–Trinajstić information content (AvgIpc) is 2.85. The molecule has 0 saturated heterocycles. The summed E-state index contributed by atoms with van der Waals surface area (Å²) in [6.45, 7) is 0. The molecule has 0 bridgehead atoms. The van der Waals surface area contributed by atoms with Gasteiger partial charge in [-0.15, -0.1) is 0 Å². The van der Waals surface area contributed by atoms with E-state index in [1.54, 1.807) is 7.05 Å². The van der Waals surface area contributed by atoms with Crippen molar-refractivity contribution < 1.29 is 23.1 Å². The number of hydrogen-bond acceptors (Lipinski definition) is 4. The van der Waals surface area contributed by atoms with Gasteiger partial charge in [-0.05, 0) is 19.3 Å². The maximum atomic E-state index is 12.0. The Balaban J connectivity index is 2.56. The lowest BCUT2D eigenvalue weighted by molar-refractivity contribution is -0.139. The molecule has 20 heavy (non-hydrogen) atoms. The molecule has 1 rings (SSSR count). The Bertz CT molecular complexity index is 456. The van der Waals surface area contributed by atoms with E-state index in [0.717, 1.165) is 31.9 Å². The minimum atomic E-state index is -3.25. The van der Waals surface area contributed by atoms with Crippen molar-refractivity contribution in [3.05, 3.63) is 0 Å². The quantitative estimate of drug-likeness (QED) is 0.742. The van der Waals surface area contributed by atoms with E-state index in [2.05, 4.69) is 5.32 Å². The minimum Gasteiger partial charge on any atom is -0.480 e. The van der Waals surface area contributed by atoms with Crippen LogP contribution in [-0.2, 0) is 14.6 Å². The van der Waals surface area contributed by atoms with Crippen LogP contribution in [0.1, 0.15) is 32.1 Å². The Morgan fingerprint density at radius 1 is 1.35 bits per heavy atom. The molecule has 2 amide bonds. The smallest absolute Gasteiger partial charge is 0.326 e. The average molecular weight is 306 g/mol. The molecule has 8 heteroatoms. The number of nitrogens with one attached hydrogen (secondary N) is 1. The fourth-order valence-corrected chi connectivity index (χ4v) is 2.96. The van der Waals surface area contributed by atoms with Crippen molar-refractivity contribution in [2.45, 2.75) is 44.2 Å². The summed E-state index contributed by atoms with van der Waals surface area (Å²) in [4.78, 5) is 24.6. The molecule has 1 fully saturated rings. The highest BCUT2D eigenvalue weighted by atomic mass is 32.2. The molecule has 1 aliphatic rings. The SMILES string of the molecule is CN(C(=O)NC(CCS(C)(=O)=O)C(=O)O)C1CCCC1. The van der Waals surface area contributed by atoms with E-state index < -0.39 is 27.9 Å². The second-order valence-electron chi connectivity index (χ2n) is 5.31. The van der Waals surface area contributed by atoms with Gasteiger partial charge in [0.25, 0.3) is 0 Å². The largest absolute Gasteiger partial charge is 0.480 e. The third-order valence-electron chi connectivity index (χ3n) is 3.57. The summed E-state index contributed by atoms with van der Waals surface area (Å²) in [6, 6.07) is -1.50. The van der Waals surface area contributed by atoms with Crippen LogP contribution in [0.2, 0.25) is 0 Å². The molecule has 0 aliphatic heterocycles. The lowest BCUT2D eigenvalue weighted by Crippen LogP contribution is -2.49. The van der Waals surface area contributed by atoms with Crippen molar-refractivity contribution in [3.8, 4) is 0 Å². The molecule has 0 aromatic heterocycles. The second kappa shape index (κ2) is 6.92. The van der Waals surface area contributed by atoms with Gasteiger partial charge in [0.05, 0.1) is 5.75 Å². The van der Waals surface area contributed by atoms with Crippen molar-refractivity contribution >= 4 is 21.8 Å². The predicted octanol–water partition coefficient (Wildman–Crippen LogP) is 0.458. The van der Waals surface area contributed by atoms with E-state index in [1.807, 2.05) is 0 Å². The number of amides is 2. The summed E-state index contributed by atoms with van der Waals surface area (Å²) in [7, 11) is -1.61. The lowest BCUT2D eigenvalue weighted by Gasteiger charge is -2.26. The molecule has 0 heterocycles. The standard InChI is InChI=1S/C12H22N2O5S/c1-14(9-5-3-4-6-9)12(17)13-10(11(15)16)7-8-20(2,18)19/h9-10H,3-8H2,1-2H3,(H,13,17)(H,15,16). The topological polar surface area (TPSA) is 104 Å². The van der Waals surface area contributed by atoms with E-state index in [-0.39, 0.29) is 18.2 Å². The van der Waals surface area contributed by atoms with Crippen LogP contribution >= 0.6 is 0 Å². The van der Waals surface area contributed by atoms with E-state index >= 15 is 0 Å². The number of carboxylic acids is 1. The zero-order valence-corrected chi connectivity index (χ0v) is 12.6. The number of hydrogen-bond donors (Lipinski definition) is 2. The Morgan fingerprint density at radius 2 is 1.90 bits per heavy atom. The number of urea groups is 1. The Morgan fingerprint density at radius 3 is 2.35 bits per heavy atom. The van der Waals surface area contributed by atoms with Crippen LogP contribution in [0, 0.1) is 0 Å². The zero-order valence-electron chi connectivity index (χ0n) is 11.8. The fourth-order valence-electron chi connectivity index (χ4n) is 2.30. The molecule has 0 aromatic rings. The summed E-state index contributed by atoms with van der Waals surface area (Å²) in [6.07, 6.45) is 4.89.